The van der Waals surface area contributed by atoms with Crippen molar-refractivity contribution in [2.75, 3.05) is 11.5 Å². The minimum atomic E-state index is -0.803. The van der Waals surface area contributed by atoms with Gasteiger partial charge in [0.05, 0.1) is 6.42 Å². The number of rotatable bonds is 7. The SMILES string of the molecule is CC[SH](CC)OC(=O)CC(c1cc(C(C)(C)C)c(O)c(C(C)(C)C)c1)c1cc(C(C)(C)C)c(O)c(C(C)(C)C)c1. The molecule has 0 radical (unpaired) electrons. The lowest BCUT2D eigenvalue weighted by atomic mass is 9.73. The molecule has 0 atom stereocenters. The Hall–Kier alpha value is -2.14. The van der Waals surface area contributed by atoms with Crippen molar-refractivity contribution in [2.45, 2.75) is 131 Å². The van der Waals surface area contributed by atoms with Gasteiger partial charge < -0.3 is 14.4 Å². The van der Waals surface area contributed by atoms with E-state index < -0.39 is 11.2 Å². The molecule has 4 nitrogen and oxygen atoms in total. The van der Waals surface area contributed by atoms with Crippen LogP contribution in [0.3, 0.4) is 0 Å². The van der Waals surface area contributed by atoms with E-state index in [9.17, 15) is 15.0 Å². The zero-order valence-electron chi connectivity index (χ0n) is 27.7. The van der Waals surface area contributed by atoms with Crippen LogP contribution in [0.4, 0.5) is 0 Å². The Labute approximate surface area is 247 Å². The van der Waals surface area contributed by atoms with Crippen LogP contribution in [0.1, 0.15) is 143 Å². The molecule has 0 heterocycles. The molecule has 0 aliphatic heterocycles. The lowest BCUT2D eigenvalue weighted by Gasteiger charge is -2.32. The summed E-state index contributed by atoms with van der Waals surface area (Å²) in [5, 5.41) is 22.8. The molecule has 0 spiro atoms. The summed E-state index contributed by atoms with van der Waals surface area (Å²) in [4.78, 5) is 13.5. The van der Waals surface area contributed by atoms with E-state index in [0.717, 1.165) is 44.9 Å². The van der Waals surface area contributed by atoms with E-state index in [0.29, 0.717) is 11.5 Å². The van der Waals surface area contributed by atoms with Gasteiger partial charge in [0.15, 0.2) is 0 Å². The van der Waals surface area contributed by atoms with Crippen LogP contribution in [0.5, 0.6) is 11.5 Å². The van der Waals surface area contributed by atoms with Gasteiger partial charge in [-0.25, -0.2) is 0 Å². The summed E-state index contributed by atoms with van der Waals surface area (Å²) in [5.41, 5.74) is 4.22. The highest BCUT2D eigenvalue weighted by atomic mass is 32.2. The topological polar surface area (TPSA) is 66.8 Å². The summed E-state index contributed by atoms with van der Waals surface area (Å²) in [6.07, 6.45) is 0.189. The second kappa shape index (κ2) is 12.0. The van der Waals surface area contributed by atoms with E-state index in [-0.39, 0.29) is 40.0 Å². The minimum Gasteiger partial charge on any atom is -0.507 e. The zero-order valence-corrected chi connectivity index (χ0v) is 28.6. The van der Waals surface area contributed by atoms with E-state index >= 15 is 0 Å². The van der Waals surface area contributed by atoms with E-state index in [2.05, 4.69) is 121 Å². The molecule has 5 heteroatoms. The normalized spacial score (nSPS) is 13.5. The maximum Gasteiger partial charge on any atom is 0.316 e. The van der Waals surface area contributed by atoms with Gasteiger partial charge in [0, 0.05) is 17.4 Å². The number of carbonyl (C=O) groups is 1. The van der Waals surface area contributed by atoms with Gasteiger partial charge in [-0.2, -0.15) is 0 Å². The van der Waals surface area contributed by atoms with Gasteiger partial charge in [0.2, 0.25) is 0 Å². The Morgan fingerprint density at radius 2 is 0.925 bits per heavy atom. The van der Waals surface area contributed by atoms with Crippen molar-refractivity contribution in [3.63, 3.8) is 0 Å². The van der Waals surface area contributed by atoms with Crippen LogP contribution in [-0.2, 0) is 30.6 Å². The van der Waals surface area contributed by atoms with Gasteiger partial charge in [0.1, 0.15) is 11.5 Å². The lowest BCUT2D eigenvalue weighted by Crippen LogP contribution is -2.21. The highest BCUT2D eigenvalue weighted by Gasteiger charge is 2.33. The average molecular weight is 573 g/mol. The second-order valence-corrected chi connectivity index (χ2v) is 17.7. The molecule has 2 N–H and O–H groups in total. The molecule has 0 fully saturated rings. The molecule has 0 aliphatic carbocycles. The highest BCUT2D eigenvalue weighted by Crippen LogP contribution is 2.46. The second-order valence-electron chi connectivity index (χ2n) is 15.3. The number of thiol groups is 1. The Balaban J connectivity index is 2.98. The third kappa shape index (κ3) is 7.99. The van der Waals surface area contributed by atoms with Gasteiger partial charge in [-0.1, -0.05) is 121 Å². The van der Waals surface area contributed by atoms with Crippen molar-refractivity contribution in [3.8, 4) is 11.5 Å². The maximum atomic E-state index is 13.5. The smallest absolute Gasteiger partial charge is 0.316 e. The number of phenols is 2. The van der Waals surface area contributed by atoms with E-state index in [1.54, 1.807) is 0 Å². The molecule has 226 valence electrons. The minimum absolute atomic E-state index is 0.189. The first-order valence-electron chi connectivity index (χ1n) is 14.7. The lowest BCUT2D eigenvalue weighted by molar-refractivity contribution is -0.133. The molecule has 0 saturated heterocycles. The third-order valence-electron chi connectivity index (χ3n) is 7.61. The third-order valence-corrected chi connectivity index (χ3v) is 9.48. The van der Waals surface area contributed by atoms with Crippen molar-refractivity contribution in [1.29, 1.82) is 0 Å². The average Bonchev–Trinajstić information content (AvgIpc) is 2.78. The fraction of sp³-hybridized carbons (Fsp3) is 0.629. The molecule has 40 heavy (non-hydrogen) atoms. The van der Waals surface area contributed by atoms with Gasteiger partial charge in [-0.3, -0.25) is 4.79 Å². The summed E-state index contributed by atoms with van der Waals surface area (Å²) >= 11 is -0.803. The Kier molecular flexibility index (Phi) is 10.2. The molecule has 2 aromatic rings. The first-order chi connectivity index (χ1) is 18.0. The van der Waals surface area contributed by atoms with Crippen LogP contribution in [0.25, 0.3) is 0 Å². The van der Waals surface area contributed by atoms with Crippen molar-refractivity contribution < 1.29 is 19.2 Å². The predicted molar refractivity (Wildman–Crippen MR) is 174 cm³/mol. The number of aromatic hydroxyl groups is 2. The van der Waals surface area contributed by atoms with E-state index in [1.807, 2.05) is 0 Å². The first-order valence-corrected chi connectivity index (χ1v) is 16.4. The van der Waals surface area contributed by atoms with Crippen molar-refractivity contribution in [2.24, 2.45) is 0 Å². The molecule has 0 bridgehead atoms. The maximum absolute atomic E-state index is 13.5. The monoisotopic (exact) mass is 572 g/mol. The van der Waals surface area contributed by atoms with E-state index in [4.69, 9.17) is 4.18 Å². The summed E-state index contributed by atoms with van der Waals surface area (Å²) in [5.74, 6) is 1.81. The number of hydrogen-bond donors (Lipinski definition) is 3. The van der Waals surface area contributed by atoms with Crippen molar-refractivity contribution >= 4 is 17.1 Å². The van der Waals surface area contributed by atoms with Crippen molar-refractivity contribution in [1.82, 2.24) is 0 Å². The van der Waals surface area contributed by atoms with Crippen LogP contribution in [-0.4, -0.2) is 27.7 Å². The van der Waals surface area contributed by atoms with Gasteiger partial charge in [0.25, 0.3) is 0 Å². The number of phenolic OH excluding ortho intramolecular Hbond substituents is 2. The number of hydrogen-bond acceptors (Lipinski definition) is 4. The van der Waals surface area contributed by atoms with Gasteiger partial charge in [-0.15, -0.1) is 11.2 Å². The van der Waals surface area contributed by atoms with Gasteiger partial charge in [-0.05, 0) is 55.0 Å². The fourth-order valence-corrected chi connectivity index (χ4v) is 6.20. The molecular formula is C35H56O4S. The van der Waals surface area contributed by atoms with Crippen LogP contribution >= 0.6 is 11.2 Å². The summed E-state index contributed by atoms with van der Waals surface area (Å²) in [6, 6.07) is 8.30. The Bertz CT molecular complexity index is 1040. The highest BCUT2D eigenvalue weighted by molar-refractivity contribution is 8.13. The first kappa shape index (κ1) is 34.1. The van der Waals surface area contributed by atoms with Crippen molar-refractivity contribution in [3.05, 3.63) is 57.6 Å². The van der Waals surface area contributed by atoms with Crippen LogP contribution in [0.15, 0.2) is 24.3 Å². The van der Waals surface area contributed by atoms with E-state index in [1.165, 1.54) is 0 Å². The molecule has 2 aromatic carbocycles. The largest absolute Gasteiger partial charge is 0.507 e. The molecule has 0 unspecified atom stereocenters. The standard InChI is InChI=1S/C35H56O4S/c1-15-40(16-2)39-29(36)21-24(22-17-25(32(3,4)5)30(37)26(18-22)33(6,7)8)23-19-27(34(9,10)11)31(38)28(20-23)35(12,13)14/h17-20,24,37-38,40H,15-16,21H2,1-14H3. The summed E-state index contributed by atoms with van der Waals surface area (Å²) in [6.45, 7) is 29.4. The predicted octanol–water partition coefficient (Wildman–Crippen LogP) is 9.31. The van der Waals surface area contributed by atoms with Crippen LogP contribution < -0.4 is 0 Å². The quantitative estimate of drug-likeness (QED) is 0.289. The molecule has 0 aliphatic rings. The molecule has 0 aromatic heterocycles. The zero-order chi connectivity index (χ0) is 31.0. The summed E-state index contributed by atoms with van der Waals surface area (Å²) < 4.78 is 5.99. The molecular weight excluding hydrogens is 516 g/mol. The summed E-state index contributed by atoms with van der Waals surface area (Å²) in [7, 11) is 0. The fourth-order valence-electron chi connectivity index (χ4n) is 5.13. The van der Waals surface area contributed by atoms with Gasteiger partial charge >= 0.3 is 5.97 Å². The molecule has 2 rings (SSSR count). The Morgan fingerprint density at radius 3 is 1.15 bits per heavy atom. The van der Waals surface area contributed by atoms with Crippen LogP contribution in [0.2, 0.25) is 0 Å². The Morgan fingerprint density at radius 1 is 0.650 bits per heavy atom. The van der Waals surface area contributed by atoms with Crippen LogP contribution in [0, 0.1) is 0 Å². The molecule has 0 saturated carbocycles. The number of benzene rings is 2. The number of carbonyl (C=O) groups excluding carboxylic acids is 1. The molecule has 0 amide bonds.